The number of carbonyl (C=O) groups excluding carboxylic acids is 2. The van der Waals surface area contributed by atoms with Crippen LogP contribution in [0.1, 0.15) is 12.5 Å². The van der Waals surface area contributed by atoms with Gasteiger partial charge in [0.1, 0.15) is 11.6 Å². The van der Waals surface area contributed by atoms with Gasteiger partial charge in [-0.25, -0.2) is 0 Å². The minimum Gasteiger partial charge on any atom is -0.493 e. The first-order valence-electron chi connectivity index (χ1n) is 6.97. The van der Waals surface area contributed by atoms with Crippen molar-refractivity contribution in [2.24, 2.45) is 0 Å². The molecule has 1 aromatic carbocycles. The molecule has 0 bridgehead atoms. The predicted octanol–water partition coefficient (Wildman–Crippen LogP) is 0.863. The summed E-state index contributed by atoms with van der Waals surface area (Å²) in [4.78, 5) is 22.9. The van der Waals surface area contributed by atoms with Crippen LogP contribution in [-0.4, -0.2) is 39.1 Å². The minimum atomic E-state index is -0.469. The third-order valence-corrected chi connectivity index (χ3v) is 2.82. The van der Waals surface area contributed by atoms with Gasteiger partial charge in [-0.1, -0.05) is 6.07 Å². The van der Waals surface area contributed by atoms with Crippen LogP contribution < -0.4 is 20.1 Å². The van der Waals surface area contributed by atoms with Crippen LogP contribution in [0.15, 0.2) is 23.8 Å². The summed E-state index contributed by atoms with van der Waals surface area (Å²) in [6, 6.07) is 6.73. The number of hydrogen-bond donors (Lipinski definition) is 2. The van der Waals surface area contributed by atoms with E-state index in [-0.39, 0.29) is 18.1 Å². The molecule has 1 rings (SSSR count). The second kappa shape index (κ2) is 9.10. The van der Waals surface area contributed by atoms with Crippen LogP contribution >= 0.6 is 0 Å². The number of nitrogens with one attached hydrogen (secondary N) is 2. The minimum absolute atomic E-state index is 0.0226. The van der Waals surface area contributed by atoms with Gasteiger partial charge in [-0.05, 0) is 30.7 Å². The van der Waals surface area contributed by atoms with E-state index >= 15 is 0 Å². The fourth-order valence-corrected chi connectivity index (χ4v) is 1.73. The van der Waals surface area contributed by atoms with Crippen LogP contribution in [0, 0.1) is 11.3 Å². The molecule has 2 amide bonds. The van der Waals surface area contributed by atoms with Gasteiger partial charge in [0.15, 0.2) is 18.1 Å². The first kappa shape index (κ1) is 18.0. The second-order valence-corrected chi connectivity index (χ2v) is 4.40. The zero-order valence-corrected chi connectivity index (χ0v) is 13.3. The fraction of sp³-hybridized carbons (Fsp3) is 0.312. The lowest BCUT2D eigenvalue weighted by molar-refractivity contribution is -0.123. The normalized spacial score (nSPS) is 10.4. The second-order valence-electron chi connectivity index (χ2n) is 4.40. The molecule has 0 aromatic heterocycles. The van der Waals surface area contributed by atoms with E-state index in [1.807, 2.05) is 13.0 Å². The molecule has 7 heteroatoms. The van der Waals surface area contributed by atoms with Crippen molar-refractivity contribution in [2.75, 3.05) is 27.3 Å². The lowest BCUT2D eigenvalue weighted by Crippen LogP contribution is -2.28. The molecule has 0 saturated heterocycles. The summed E-state index contributed by atoms with van der Waals surface area (Å²) < 4.78 is 10.6. The van der Waals surface area contributed by atoms with Crippen molar-refractivity contribution in [1.29, 1.82) is 5.26 Å². The number of rotatable bonds is 7. The van der Waals surface area contributed by atoms with Gasteiger partial charge in [0, 0.05) is 13.6 Å². The number of carbonyl (C=O) groups is 2. The maximum Gasteiger partial charge on any atom is 0.261 e. The molecule has 122 valence electrons. The number of likely N-dealkylation sites (N-methyl/N-ethyl adjacent to an activating group) is 2. The Hall–Kier alpha value is -3.01. The number of nitrogens with zero attached hydrogens (tertiary/aromatic N) is 1. The number of methoxy groups -OCH3 is 1. The number of benzene rings is 1. The molecule has 1 aromatic rings. The van der Waals surface area contributed by atoms with E-state index in [1.165, 1.54) is 20.2 Å². The van der Waals surface area contributed by atoms with Crippen LogP contribution in [0.2, 0.25) is 0 Å². The lowest BCUT2D eigenvalue weighted by atomic mass is 10.1. The first-order valence-corrected chi connectivity index (χ1v) is 6.97. The molecule has 0 aliphatic heterocycles. The Bertz CT molecular complexity index is 647. The van der Waals surface area contributed by atoms with Gasteiger partial charge in [0.2, 0.25) is 0 Å². The summed E-state index contributed by atoms with van der Waals surface area (Å²) >= 11 is 0. The van der Waals surface area contributed by atoms with Gasteiger partial charge in [-0.15, -0.1) is 0 Å². The monoisotopic (exact) mass is 317 g/mol. The molecule has 2 N–H and O–H groups in total. The molecule has 0 saturated carbocycles. The molecule has 0 radical (unpaired) electrons. The third-order valence-electron chi connectivity index (χ3n) is 2.82. The van der Waals surface area contributed by atoms with Crippen molar-refractivity contribution in [3.05, 3.63) is 29.3 Å². The highest BCUT2D eigenvalue weighted by Gasteiger charge is 2.10. The average molecular weight is 317 g/mol. The maximum atomic E-state index is 11.5. The summed E-state index contributed by atoms with van der Waals surface area (Å²) in [6.45, 7) is 2.22. The summed E-state index contributed by atoms with van der Waals surface area (Å²) in [6.07, 6.45) is 1.44. The van der Waals surface area contributed by atoms with Gasteiger partial charge < -0.3 is 20.1 Å². The molecule has 0 heterocycles. The van der Waals surface area contributed by atoms with Crippen molar-refractivity contribution in [2.45, 2.75) is 6.92 Å². The molecule has 0 unspecified atom stereocenters. The van der Waals surface area contributed by atoms with Crippen LogP contribution in [0.4, 0.5) is 0 Å². The highest BCUT2D eigenvalue weighted by molar-refractivity contribution is 6.01. The SMILES string of the molecule is CCNC(=O)COc1ccc(/C=C(\C#N)C(=O)NC)cc1OC. The van der Waals surface area contributed by atoms with Crippen LogP contribution in [0.25, 0.3) is 6.08 Å². The van der Waals surface area contributed by atoms with Crippen molar-refractivity contribution >= 4 is 17.9 Å². The van der Waals surface area contributed by atoms with E-state index in [9.17, 15) is 9.59 Å². The molecule has 0 spiro atoms. The Morgan fingerprint density at radius 1 is 1.35 bits per heavy atom. The molecule has 0 fully saturated rings. The summed E-state index contributed by atoms with van der Waals surface area (Å²) in [5, 5.41) is 14.0. The Morgan fingerprint density at radius 3 is 2.65 bits per heavy atom. The number of amides is 2. The summed E-state index contributed by atoms with van der Waals surface area (Å²) in [5.41, 5.74) is 0.581. The van der Waals surface area contributed by atoms with Gasteiger partial charge in [0.05, 0.1) is 7.11 Å². The van der Waals surface area contributed by atoms with Gasteiger partial charge >= 0.3 is 0 Å². The van der Waals surface area contributed by atoms with Crippen molar-refractivity contribution in [1.82, 2.24) is 10.6 Å². The highest BCUT2D eigenvalue weighted by atomic mass is 16.5. The quantitative estimate of drug-likeness (QED) is 0.574. The predicted molar refractivity (Wildman–Crippen MR) is 84.8 cm³/mol. The summed E-state index contributed by atoms with van der Waals surface area (Å²) in [5.74, 6) is 0.0968. The largest absolute Gasteiger partial charge is 0.493 e. The Balaban J connectivity index is 2.96. The molecule has 0 aliphatic carbocycles. The van der Waals surface area contributed by atoms with E-state index in [2.05, 4.69) is 10.6 Å². The smallest absolute Gasteiger partial charge is 0.261 e. The molecule has 23 heavy (non-hydrogen) atoms. The molecule has 0 aliphatic rings. The Kier molecular flexibility index (Phi) is 7.14. The first-order chi connectivity index (χ1) is 11.0. The molecule has 7 nitrogen and oxygen atoms in total. The van der Waals surface area contributed by atoms with Crippen molar-refractivity contribution in [3.63, 3.8) is 0 Å². The molecule has 0 atom stereocenters. The van der Waals surface area contributed by atoms with E-state index in [1.54, 1.807) is 18.2 Å². The average Bonchev–Trinajstić information content (AvgIpc) is 2.57. The van der Waals surface area contributed by atoms with Gasteiger partial charge in [-0.3, -0.25) is 9.59 Å². The van der Waals surface area contributed by atoms with Crippen LogP contribution in [-0.2, 0) is 9.59 Å². The van der Waals surface area contributed by atoms with Gasteiger partial charge in [0.25, 0.3) is 11.8 Å². The third kappa shape index (κ3) is 5.36. The number of hydrogen-bond acceptors (Lipinski definition) is 5. The van der Waals surface area contributed by atoms with E-state index in [0.29, 0.717) is 23.6 Å². The van der Waals surface area contributed by atoms with E-state index in [0.717, 1.165) is 0 Å². The van der Waals surface area contributed by atoms with Crippen molar-refractivity contribution < 1.29 is 19.1 Å². The fourth-order valence-electron chi connectivity index (χ4n) is 1.73. The van der Waals surface area contributed by atoms with Gasteiger partial charge in [-0.2, -0.15) is 5.26 Å². The Labute approximate surface area is 134 Å². The number of ether oxygens (including phenoxy) is 2. The summed E-state index contributed by atoms with van der Waals surface area (Å²) in [7, 11) is 2.91. The number of nitriles is 1. The highest BCUT2D eigenvalue weighted by Crippen LogP contribution is 2.28. The van der Waals surface area contributed by atoms with Crippen LogP contribution in [0.5, 0.6) is 11.5 Å². The van der Waals surface area contributed by atoms with Crippen LogP contribution in [0.3, 0.4) is 0 Å². The van der Waals surface area contributed by atoms with E-state index in [4.69, 9.17) is 14.7 Å². The zero-order valence-electron chi connectivity index (χ0n) is 13.3. The topological polar surface area (TPSA) is 100 Å². The van der Waals surface area contributed by atoms with E-state index < -0.39 is 5.91 Å². The standard InChI is InChI=1S/C16H19N3O4/c1-4-19-15(20)10-23-13-6-5-11(8-14(13)22-3)7-12(9-17)16(21)18-2/h5-8H,4,10H2,1-3H3,(H,18,21)(H,19,20)/b12-7+. The Morgan fingerprint density at radius 2 is 2.09 bits per heavy atom. The molecular weight excluding hydrogens is 298 g/mol. The maximum absolute atomic E-state index is 11.5. The van der Waals surface area contributed by atoms with Crippen molar-refractivity contribution in [3.8, 4) is 17.6 Å². The lowest BCUT2D eigenvalue weighted by Gasteiger charge is -2.11. The zero-order chi connectivity index (χ0) is 17.2. The molecular formula is C16H19N3O4.